The fraction of sp³-hybridized carbons (Fsp3) is 0.238. The number of nitro groups is 1. The zero-order chi connectivity index (χ0) is 20.9. The van der Waals surface area contributed by atoms with Gasteiger partial charge in [-0.2, -0.15) is 0 Å². The Labute approximate surface area is 172 Å². The summed E-state index contributed by atoms with van der Waals surface area (Å²) in [5, 5.41) is 22.5. The van der Waals surface area contributed by atoms with E-state index in [4.69, 9.17) is 0 Å². The van der Waals surface area contributed by atoms with Crippen LogP contribution < -0.4 is 10.2 Å². The van der Waals surface area contributed by atoms with Crippen LogP contribution in [0.1, 0.15) is 12.8 Å². The van der Waals surface area contributed by atoms with Gasteiger partial charge in [0.2, 0.25) is 5.91 Å². The summed E-state index contributed by atoms with van der Waals surface area (Å²) >= 11 is 0. The molecule has 1 N–H and O–H groups in total. The standard InChI is InChI=1S/C21H20N6O3/c28-21(23-18-5-1-2-6-19(18)27(29)30)16-4-3-13-26(14-16)20-8-7-17(24-25-20)15-9-11-22-12-10-15/h1-2,5-12,16H,3-4,13-14H2,(H,23,28). The SMILES string of the molecule is O=C(Nc1ccccc1[N+](=O)[O-])C1CCCN(c2ccc(-c3ccncc3)nn2)C1. The van der Waals surface area contributed by atoms with Gasteiger partial charge < -0.3 is 10.2 Å². The maximum atomic E-state index is 12.8. The third-order valence-corrected chi connectivity index (χ3v) is 5.10. The van der Waals surface area contributed by atoms with Crippen LogP contribution in [-0.4, -0.2) is 39.1 Å². The summed E-state index contributed by atoms with van der Waals surface area (Å²) in [5.74, 6) is 0.187. The van der Waals surface area contributed by atoms with E-state index in [1.807, 2.05) is 29.2 Å². The van der Waals surface area contributed by atoms with Crippen molar-refractivity contribution in [1.82, 2.24) is 15.2 Å². The second-order valence-electron chi connectivity index (χ2n) is 7.06. The largest absolute Gasteiger partial charge is 0.354 e. The Morgan fingerprint density at radius 2 is 1.90 bits per heavy atom. The molecule has 9 nitrogen and oxygen atoms in total. The van der Waals surface area contributed by atoms with Crippen LogP contribution in [0.2, 0.25) is 0 Å². The van der Waals surface area contributed by atoms with Crippen LogP contribution in [-0.2, 0) is 4.79 Å². The van der Waals surface area contributed by atoms with Gasteiger partial charge in [-0.15, -0.1) is 10.2 Å². The van der Waals surface area contributed by atoms with Gasteiger partial charge in [-0.1, -0.05) is 12.1 Å². The van der Waals surface area contributed by atoms with E-state index in [9.17, 15) is 14.9 Å². The maximum Gasteiger partial charge on any atom is 0.292 e. The maximum absolute atomic E-state index is 12.8. The zero-order valence-corrected chi connectivity index (χ0v) is 16.1. The Kier molecular flexibility index (Phi) is 5.60. The third-order valence-electron chi connectivity index (χ3n) is 5.10. The van der Waals surface area contributed by atoms with Gasteiger partial charge in [0, 0.05) is 37.1 Å². The Morgan fingerprint density at radius 3 is 2.63 bits per heavy atom. The Morgan fingerprint density at radius 1 is 1.10 bits per heavy atom. The quantitative estimate of drug-likeness (QED) is 0.512. The number of carbonyl (C=O) groups is 1. The molecule has 0 spiro atoms. The first-order chi connectivity index (χ1) is 14.6. The molecule has 1 aromatic carbocycles. The molecule has 9 heteroatoms. The van der Waals surface area contributed by atoms with Crippen molar-refractivity contribution in [3.63, 3.8) is 0 Å². The number of nitro benzene ring substituents is 1. The van der Waals surface area contributed by atoms with Gasteiger partial charge in [-0.05, 0) is 43.2 Å². The summed E-state index contributed by atoms with van der Waals surface area (Å²) < 4.78 is 0. The predicted molar refractivity (Wildman–Crippen MR) is 112 cm³/mol. The molecule has 0 bridgehead atoms. The first-order valence-corrected chi connectivity index (χ1v) is 9.65. The number of nitrogens with zero attached hydrogens (tertiary/aromatic N) is 5. The zero-order valence-electron chi connectivity index (χ0n) is 16.1. The van der Waals surface area contributed by atoms with Gasteiger partial charge in [-0.25, -0.2) is 0 Å². The third kappa shape index (κ3) is 4.24. The minimum Gasteiger partial charge on any atom is -0.354 e. The van der Waals surface area contributed by atoms with Crippen LogP contribution in [0, 0.1) is 16.0 Å². The van der Waals surface area contributed by atoms with Gasteiger partial charge in [-0.3, -0.25) is 19.9 Å². The predicted octanol–water partition coefficient (Wildman–Crippen LogP) is 3.30. The number of amides is 1. The van der Waals surface area contributed by atoms with Crippen molar-refractivity contribution in [3.8, 4) is 11.3 Å². The Hall–Kier alpha value is -3.88. The van der Waals surface area contributed by atoms with Gasteiger partial charge in [0.25, 0.3) is 5.69 Å². The van der Waals surface area contributed by atoms with Crippen LogP contribution >= 0.6 is 0 Å². The lowest BCUT2D eigenvalue weighted by molar-refractivity contribution is -0.383. The number of pyridine rings is 1. The van der Waals surface area contributed by atoms with Gasteiger partial charge >= 0.3 is 0 Å². The number of carbonyl (C=O) groups excluding carboxylic acids is 1. The van der Waals surface area contributed by atoms with Gasteiger partial charge in [0.05, 0.1) is 16.5 Å². The molecule has 0 radical (unpaired) electrons. The molecule has 3 heterocycles. The molecule has 1 saturated heterocycles. The fourth-order valence-electron chi connectivity index (χ4n) is 3.54. The minimum atomic E-state index is -0.497. The van der Waals surface area contributed by atoms with Crippen LogP contribution in [0.4, 0.5) is 17.2 Å². The summed E-state index contributed by atoms with van der Waals surface area (Å²) in [4.78, 5) is 29.5. The number of nitrogens with one attached hydrogen (secondary N) is 1. The van der Waals surface area contributed by atoms with Crippen molar-refractivity contribution < 1.29 is 9.72 Å². The van der Waals surface area contributed by atoms with Crippen molar-refractivity contribution in [1.29, 1.82) is 0 Å². The van der Waals surface area contributed by atoms with E-state index in [-0.39, 0.29) is 23.2 Å². The number of para-hydroxylation sites is 2. The summed E-state index contributed by atoms with van der Waals surface area (Å²) in [7, 11) is 0. The Bertz CT molecular complexity index is 1040. The van der Waals surface area contributed by atoms with E-state index in [1.165, 1.54) is 6.07 Å². The summed E-state index contributed by atoms with van der Waals surface area (Å²) in [6.45, 7) is 1.26. The van der Waals surface area contributed by atoms with E-state index in [0.717, 1.165) is 24.2 Å². The Balaban J connectivity index is 1.44. The molecule has 152 valence electrons. The van der Waals surface area contributed by atoms with Crippen LogP contribution in [0.5, 0.6) is 0 Å². The van der Waals surface area contributed by atoms with Crippen molar-refractivity contribution in [2.75, 3.05) is 23.3 Å². The number of rotatable bonds is 5. The highest BCUT2D eigenvalue weighted by atomic mass is 16.6. The van der Waals surface area contributed by atoms with E-state index in [2.05, 4.69) is 20.5 Å². The minimum absolute atomic E-state index is 0.115. The smallest absolute Gasteiger partial charge is 0.292 e. The first kappa shape index (κ1) is 19.4. The van der Waals surface area contributed by atoms with Crippen molar-refractivity contribution >= 4 is 23.1 Å². The molecule has 1 aliphatic heterocycles. The molecular formula is C21H20N6O3. The second-order valence-corrected chi connectivity index (χ2v) is 7.06. The number of benzene rings is 1. The van der Waals surface area contributed by atoms with E-state index in [0.29, 0.717) is 18.8 Å². The molecule has 30 heavy (non-hydrogen) atoms. The van der Waals surface area contributed by atoms with Crippen molar-refractivity contribution in [2.45, 2.75) is 12.8 Å². The first-order valence-electron chi connectivity index (χ1n) is 9.65. The summed E-state index contributed by atoms with van der Waals surface area (Å²) in [6.07, 6.45) is 4.94. The number of anilines is 2. The molecule has 1 fully saturated rings. The number of piperidine rings is 1. The monoisotopic (exact) mass is 404 g/mol. The lowest BCUT2D eigenvalue weighted by atomic mass is 9.97. The molecule has 0 saturated carbocycles. The molecule has 1 atom stereocenters. The summed E-state index contributed by atoms with van der Waals surface area (Å²) in [5.41, 5.74) is 1.79. The van der Waals surface area contributed by atoms with Crippen molar-refractivity contribution in [3.05, 3.63) is 71.0 Å². The number of hydrogen-bond acceptors (Lipinski definition) is 7. The highest BCUT2D eigenvalue weighted by Gasteiger charge is 2.28. The summed E-state index contributed by atoms with van der Waals surface area (Å²) in [6, 6.07) is 13.7. The van der Waals surface area contributed by atoms with E-state index < -0.39 is 4.92 Å². The van der Waals surface area contributed by atoms with Crippen LogP contribution in [0.15, 0.2) is 60.9 Å². The molecular weight excluding hydrogens is 384 g/mol. The fourth-order valence-corrected chi connectivity index (χ4v) is 3.54. The van der Waals surface area contributed by atoms with E-state index in [1.54, 1.807) is 30.6 Å². The lowest BCUT2D eigenvalue weighted by Crippen LogP contribution is -2.41. The van der Waals surface area contributed by atoms with Gasteiger partial charge in [0.15, 0.2) is 5.82 Å². The molecule has 2 aromatic heterocycles. The van der Waals surface area contributed by atoms with Crippen LogP contribution in [0.25, 0.3) is 11.3 Å². The second kappa shape index (κ2) is 8.64. The number of aromatic nitrogens is 3. The lowest BCUT2D eigenvalue weighted by Gasteiger charge is -2.32. The molecule has 1 amide bonds. The average molecular weight is 404 g/mol. The topological polar surface area (TPSA) is 114 Å². The van der Waals surface area contributed by atoms with Crippen LogP contribution in [0.3, 0.4) is 0 Å². The molecule has 0 aliphatic carbocycles. The van der Waals surface area contributed by atoms with Crippen molar-refractivity contribution in [2.24, 2.45) is 5.92 Å². The van der Waals surface area contributed by atoms with E-state index >= 15 is 0 Å². The highest BCUT2D eigenvalue weighted by Crippen LogP contribution is 2.27. The molecule has 1 unspecified atom stereocenters. The van der Waals surface area contributed by atoms with Gasteiger partial charge in [0.1, 0.15) is 5.69 Å². The molecule has 4 rings (SSSR count). The normalized spacial score (nSPS) is 16.1. The highest BCUT2D eigenvalue weighted by molar-refractivity contribution is 5.95. The average Bonchev–Trinajstić information content (AvgIpc) is 2.80. The number of hydrogen-bond donors (Lipinski definition) is 1. The molecule has 3 aromatic rings. The molecule has 1 aliphatic rings.